The first kappa shape index (κ1) is 64.1. The quantitative estimate of drug-likeness (QED) is 0.0321. The summed E-state index contributed by atoms with van der Waals surface area (Å²) in [7, 11) is 0. The van der Waals surface area contributed by atoms with Gasteiger partial charge >= 0.3 is 5.97 Å². The van der Waals surface area contributed by atoms with Gasteiger partial charge in [0.05, 0.1) is 25.4 Å². The monoisotopic (exact) mass is 928 g/mol. The smallest absolute Gasteiger partial charge is 0.305 e. The van der Waals surface area contributed by atoms with Crippen molar-refractivity contribution in [3.05, 3.63) is 36.5 Å². The zero-order valence-corrected chi connectivity index (χ0v) is 44.2. The summed E-state index contributed by atoms with van der Waals surface area (Å²) in [6.07, 6.45) is 68.6. The number of unbranched alkanes of at least 4 members (excludes halogenated alkanes) is 37. The van der Waals surface area contributed by atoms with Crippen molar-refractivity contribution < 1.29 is 24.5 Å². The third kappa shape index (κ3) is 51.5. The second-order valence-corrected chi connectivity index (χ2v) is 20.0. The summed E-state index contributed by atoms with van der Waals surface area (Å²) in [5.41, 5.74) is 0. The van der Waals surface area contributed by atoms with Gasteiger partial charge in [-0.1, -0.05) is 256 Å². The number of rotatable bonds is 54. The molecule has 0 saturated heterocycles. The molecule has 1 amide bonds. The molecule has 0 aliphatic rings. The van der Waals surface area contributed by atoms with Gasteiger partial charge in [0.15, 0.2) is 0 Å². The molecule has 2 atom stereocenters. The van der Waals surface area contributed by atoms with Crippen molar-refractivity contribution in [2.45, 2.75) is 321 Å². The lowest BCUT2D eigenvalue weighted by Gasteiger charge is -2.22. The van der Waals surface area contributed by atoms with Crippen molar-refractivity contribution in [2.24, 2.45) is 0 Å². The normalized spacial score (nSPS) is 12.8. The Balaban J connectivity index is 3.52. The van der Waals surface area contributed by atoms with Crippen LogP contribution < -0.4 is 5.32 Å². The maximum atomic E-state index is 12.5. The molecule has 0 saturated carbocycles. The van der Waals surface area contributed by atoms with Crippen LogP contribution in [0.15, 0.2) is 36.5 Å². The van der Waals surface area contributed by atoms with E-state index in [2.05, 4.69) is 55.6 Å². The van der Waals surface area contributed by atoms with Gasteiger partial charge in [-0.05, 0) is 77.0 Å². The second kappa shape index (κ2) is 55.7. The molecule has 0 aliphatic heterocycles. The third-order valence-electron chi connectivity index (χ3n) is 13.4. The number of aliphatic hydroxyl groups is 2. The fraction of sp³-hybridized carbons (Fsp3) is 0.867. The van der Waals surface area contributed by atoms with E-state index in [4.69, 9.17) is 4.74 Å². The summed E-state index contributed by atoms with van der Waals surface area (Å²) in [5, 5.41) is 23.3. The zero-order chi connectivity index (χ0) is 47.9. The average Bonchev–Trinajstić information content (AvgIpc) is 3.32. The Morgan fingerprint density at radius 2 is 0.773 bits per heavy atom. The van der Waals surface area contributed by atoms with E-state index in [1.165, 1.54) is 199 Å². The molecule has 0 spiro atoms. The van der Waals surface area contributed by atoms with Crippen LogP contribution in [-0.2, 0) is 14.3 Å². The molecule has 0 radical (unpaired) electrons. The fourth-order valence-electron chi connectivity index (χ4n) is 8.91. The van der Waals surface area contributed by atoms with Crippen LogP contribution in [0.5, 0.6) is 0 Å². The summed E-state index contributed by atoms with van der Waals surface area (Å²) in [6.45, 7) is 4.86. The fourth-order valence-corrected chi connectivity index (χ4v) is 8.91. The summed E-state index contributed by atoms with van der Waals surface area (Å²) < 4.78 is 5.45. The van der Waals surface area contributed by atoms with Crippen LogP contribution >= 0.6 is 0 Å². The third-order valence-corrected chi connectivity index (χ3v) is 13.4. The molecule has 0 aromatic carbocycles. The Hall–Kier alpha value is -1.92. The topological polar surface area (TPSA) is 95.9 Å². The number of allylic oxidation sites excluding steroid dienone is 6. The van der Waals surface area contributed by atoms with Crippen molar-refractivity contribution in [1.29, 1.82) is 0 Å². The van der Waals surface area contributed by atoms with Crippen LogP contribution in [0, 0.1) is 0 Å². The van der Waals surface area contributed by atoms with Crippen LogP contribution in [0.1, 0.15) is 309 Å². The van der Waals surface area contributed by atoms with Crippen molar-refractivity contribution >= 4 is 11.9 Å². The van der Waals surface area contributed by atoms with Crippen LogP contribution in [0.4, 0.5) is 0 Å². The average molecular weight is 929 g/mol. The largest absolute Gasteiger partial charge is 0.466 e. The molecule has 2 unspecified atom stereocenters. The Kier molecular flexibility index (Phi) is 54.1. The van der Waals surface area contributed by atoms with E-state index < -0.39 is 12.1 Å². The number of ether oxygens (including phenoxy) is 1. The minimum absolute atomic E-state index is 0.0424. The van der Waals surface area contributed by atoms with Gasteiger partial charge in [0.25, 0.3) is 0 Å². The predicted molar refractivity (Wildman–Crippen MR) is 287 cm³/mol. The van der Waals surface area contributed by atoms with Crippen molar-refractivity contribution in [3.8, 4) is 0 Å². The molecule has 66 heavy (non-hydrogen) atoms. The molecule has 0 heterocycles. The molecule has 0 aromatic heterocycles. The summed E-state index contributed by atoms with van der Waals surface area (Å²) in [5.74, 6) is -0.136. The highest BCUT2D eigenvalue weighted by molar-refractivity contribution is 5.76. The molecule has 0 fully saturated rings. The second-order valence-electron chi connectivity index (χ2n) is 20.0. The molecule has 0 bridgehead atoms. The summed E-state index contributed by atoms with van der Waals surface area (Å²) in [6, 6.07) is -0.581. The first-order chi connectivity index (χ1) is 32.5. The van der Waals surface area contributed by atoms with E-state index >= 15 is 0 Å². The number of aliphatic hydroxyl groups excluding tert-OH is 2. The van der Waals surface area contributed by atoms with E-state index in [1.54, 1.807) is 0 Å². The summed E-state index contributed by atoms with van der Waals surface area (Å²) in [4.78, 5) is 24.6. The lowest BCUT2D eigenvalue weighted by molar-refractivity contribution is -0.143. The highest BCUT2D eigenvalue weighted by Crippen LogP contribution is 2.17. The van der Waals surface area contributed by atoms with E-state index in [1.807, 2.05) is 0 Å². The SMILES string of the molecule is CCCCCC/C=C\C/C=C\CCCCCCCCCC(=O)OCCCCCC/C=C\CCCC(=O)NC(CO)C(O)CCCCCCCCCCCCCCCCCCCCCCCC. The molecule has 388 valence electrons. The molecule has 6 nitrogen and oxygen atoms in total. The lowest BCUT2D eigenvalue weighted by atomic mass is 10.0. The van der Waals surface area contributed by atoms with Crippen molar-refractivity contribution in [3.63, 3.8) is 0 Å². The van der Waals surface area contributed by atoms with Crippen molar-refractivity contribution in [1.82, 2.24) is 5.32 Å². The maximum absolute atomic E-state index is 12.5. The lowest BCUT2D eigenvalue weighted by Crippen LogP contribution is -2.45. The number of amides is 1. The molecule has 0 aliphatic carbocycles. The minimum atomic E-state index is -0.697. The van der Waals surface area contributed by atoms with Crippen LogP contribution in [0.2, 0.25) is 0 Å². The highest BCUT2D eigenvalue weighted by Gasteiger charge is 2.20. The Morgan fingerprint density at radius 1 is 0.424 bits per heavy atom. The Morgan fingerprint density at radius 3 is 1.21 bits per heavy atom. The molecule has 0 aromatic rings. The van der Waals surface area contributed by atoms with E-state index in [9.17, 15) is 19.8 Å². The predicted octanol–water partition coefficient (Wildman–Crippen LogP) is 18.0. The minimum Gasteiger partial charge on any atom is -0.466 e. The molecular weight excluding hydrogens is 815 g/mol. The van der Waals surface area contributed by atoms with Gasteiger partial charge in [0, 0.05) is 12.8 Å². The van der Waals surface area contributed by atoms with E-state index in [-0.39, 0.29) is 18.5 Å². The van der Waals surface area contributed by atoms with E-state index in [0.717, 1.165) is 77.0 Å². The van der Waals surface area contributed by atoms with Gasteiger partial charge in [0.1, 0.15) is 0 Å². The van der Waals surface area contributed by atoms with Gasteiger partial charge in [-0.15, -0.1) is 0 Å². The van der Waals surface area contributed by atoms with Crippen LogP contribution in [0.3, 0.4) is 0 Å². The Bertz CT molecular complexity index is 1070. The van der Waals surface area contributed by atoms with Gasteiger partial charge < -0.3 is 20.3 Å². The molecular formula is C60H113NO5. The number of carbonyl (C=O) groups is 2. The standard InChI is InChI=1S/C60H113NO5/c1-3-5-7-9-11-13-15-17-19-21-23-24-25-26-27-29-31-33-36-40-44-48-52-58(63)57(56-62)61-59(64)53-49-45-41-37-35-39-43-47-51-55-66-60(65)54-50-46-42-38-34-32-30-28-22-20-18-16-14-12-10-8-6-4-2/h14,16,20,22,37,41,57-58,62-63H,3-13,15,17-19,21,23-36,38-40,42-56H2,1-2H3,(H,61,64)/b16-14-,22-20-,41-37-. The summed E-state index contributed by atoms with van der Waals surface area (Å²) >= 11 is 0. The maximum Gasteiger partial charge on any atom is 0.305 e. The molecule has 0 rings (SSSR count). The number of nitrogens with one attached hydrogen (secondary N) is 1. The van der Waals surface area contributed by atoms with Gasteiger partial charge in [-0.2, -0.15) is 0 Å². The first-order valence-corrected chi connectivity index (χ1v) is 29.2. The highest BCUT2D eigenvalue weighted by atomic mass is 16.5. The van der Waals surface area contributed by atoms with Gasteiger partial charge in [-0.25, -0.2) is 0 Å². The van der Waals surface area contributed by atoms with Crippen molar-refractivity contribution in [2.75, 3.05) is 13.2 Å². The number of hydrogen-bond donors (Lipinski definition) is 3. The number of esters is 1. The Labute approximate surface area is 411 Å². The number of carbonyl (C=O) groups excluding carboxylic acids is 2. The molecule has 3 N–H and O–H groups in total. The van der Waals surface area contributed by atoms with Crippen LogP contribution in [0.25, 0.3) is 0 Å². The van der Waals surface area contributed by atoms with Gasteiger partial charge in [-0.3, -0.25) is 9.59 Å². The van der Waals surface area contributed by atoms with Gasteiger partial charge in [0.2, 0.25) is 5.91 Å². The first-order valence-electron chi connectivity index (χ1n) is 29.2. The van der Waals surface area contributed by atoms with E-state index in [0.29, 0.717) is 25.9 Å². The zero-order valence-electron chi connectivity index (χ0n) is 44.2. The van der Waals surface area contributed by atoms with Crippen LogP contribution in [-0.4, -0.2) is 47.4 Å². The number of hydrogen-bond acceptors (Lipinski definition) is 5. The molecule has 6 heteroatoms.